The van der Waals surface area contributed by atoms with Crippen LogP contribution in [0.25, 0.3) is 4.96 Å². The van der Waals surface area contributed by atoms with Crippen LogP contribution in [0.4, 0.5) is 0 Å². The van der Waals surface area contributed by atoms with E-state index in [1.54, 1.807) is 11.3 Å². The fraction of sp³-hybridized carbons (Fsp3) is 0.643. The number of likely N-dealkylation sites (tertiary alicyclic amines) is 1. The first kappa shape index (κ1) is 11.9. The number of fused-ring (bicyclic) bond motifs is 1. The molecule has 4 nitrogen and oxygen atoms in total. The molecule has 4 rings (SSSR count). The molecule has 3 heterocycles. The fourth-order valence-corrected chi connectivity index (χ4v) is 3.87. The minimum Gasteiger partial charge on any atom is -0.326 e. The van der Waals surface area contributed by atoms with Gasteiger partial charge in [-0.25, -0.2) is 4.98 Å². The van der Waals surface area contributed by atoms with Gasteiger partial charge in [-0.15, -0.1) is 11.3 Å². The van der Waals surface area contributed by atoms with Crippen LogP contribution in [-0.2, 0) is 6.54 Å². The van der Waals surface area contributed by atoms with Gasteiger partial charge in [0.2, 0.25) is 0 Å². The number of nitrogens with zero attached hydrogens (tertiary/aromatic N) is 3. The molecule has 2 fully saturated rings. The molecule has 0 bridgehead atoms. The van der Waals surface area contributed by atoms with Crippen molar-refractivity contribution < 1.29 is 0 Å². The first-order valence-corrected chi connectivity index (χ1v) is 8.02. The smallest absolute Gasteiger partial charge is 0.194 e. The van der Waals surface area contributed by atoms with Crippen LogP contribution in [0.5, 0.6) is 0 Å². The van der Waals surface area contributed by atoms with E-state index >= 15 is 0 Å². The van der Waals surface area contributed by atoms with Gasteiger partial charge >= 0.3 is 0 Å². The van der Waals surface area contributed by atoms with E-state index in [2.05, 4.69) is 27.8 Å². The molecular formula is C14H20N4S. The number of rotatable bonds is 3. The third-order valence-corrected chi connectivity index (χ3v) is 5.23. The summed E-state index contributed by atoms with van der Waals surface area (Å²) >= 11 is 1.74. The second kappa shape index (κ2) is 4.30. The number of hydrogen-bond donors (Lipinski definition) is 1. The molecule has 5 heteroatoms. The zero-order chi connectivity index (χ0) is 13.0. The van der Waals surface area contributed by atoms with Gasteiger partial charge in [-0.2, -0.15) is 0 Å². The van der Waals surface area contributed by atoms with Crippen molar-refractivity contribution in [2.75, 3.05) is 13.1 Å². The van der Waals surface area contributed by atoms with Gasteiger partial charge in [-0.05, 0) is 18.8 Å². The topological polar surface area (TPSA) is 46.6 Å². The average Bonchev–Trinajstić information content (AvgIpc) is 2.90. The molecule has 0 aromatic carbocycles. The minimum atomic E-state index is 0.329. The van der Waals surface area contributed by atoms with E-state index in [0.717, 1.165) is 30.5 Å². The summed E-state index contributed by atoms with van der Waals surface area (Å²) in [7, 11) is 0. The Morgan fingerprint density at radius 3 is 2.95 bits per heavy atom. The SMILES string of the molecule is CC1CN(Cc2c(C3CC3)nc3sccn23)CC1N. The molecule has 102 valence electrons. The summed E-state index contributed by atoms with van der Waals surface area (Å²) < 4.78 is 2.28. The predicted octanol–water partition coefficient (Wildman–Crippen LogP) is 2.05. The molecule has 0 spiro atoms. The van der Waals surface area contributed by atoms with Crippen LogP contribution in [0.3, 0.4) is 0 Å². The van der Waals surface area contributed by atoms with E-state index in [1.807, 2.05) is 0 Å². The molecule has 19 heavy (non-hydrogen) atoms. The quantitative estimate of drug-likeness (QED) is 0.933. The maximum Gasteiger partial charge on any atom is 0.194 e. The molecule has 2 unspecified atom stereocenters. The number of thiazole rings is 1. The average molecular weight is 276 g/mol. The van der Waals surface area contributed by atoms with E-state index in [9.17, 15) is 0 Å². The lowest BCUT2D eigenvalue weighted by Crippen LogP contribution is -2.28. The van der Waals surface area contributed by atoms with Crippen molar-refractivity contribution in [3.63, 3.8) is 0 Å². The van der Waals surface area contributed by atoms with Crippen molar-refractivity contribution in [3.8, 4) is 0 Å². The van der Waals surface area contributed by atoms with E-state index in [4.69, 9.17) is 10.7 Å². The molecule has 1 saturated heterocycles. The molecule has 1 aliphatic heterocycles. The number of aromatic nitrogens is 2. The molecule has 0 radical (unpaired) electrons. The Morgan fingerprint density at radius 2 is 2.26 bits per heavy atom. The first-order valence-electron chi connectivity index (χ1n) is 7.14. The van der Waals surface area contributed by atoms with E-state index in [0.29, 0.717) is 12.0 Å². The van der Waals surface area contributed by atoms with Crippen molar-refractivity contribution in [1.29, 1.82) is 0 Å². The Morgan fingerprint density at radius 1 is 1.42 bits per heavy atom. The van der Waals surface area contributed by atoms with E-state index < -0.39 is 0 Å². The molecular weight excluding hydrogens is 256 g/mol. The molecule has 2 aliphatic rings. The van der Waals surface area contributed by atoms with Crippen LogP contribution < -0.4 is 5.73 Å². The van der Waals surface area contributed by atoms with Gasteiger partial charge < -0.3 is 5.73 Å². The van der Waals surface area contributed by atoms with Crippen molar-refractivity contribution in [3.05, 3.63) is 23.0 Å². The number of imidazole rings is 1. The maximum absolute atomic E-state index is 6.14. The summed E-state index contributed by atoms with van der Waals surface area (Å²) in [5, 5.41) is 2.13. The van der Waals surface area contributed by atoms with Gasteiger partial charge in [-0.1, -0.05) is 6.92 Å². The second-order valence-electron chi connectivity index (χ2n) is 6.11. The van der Waals surface area contributed by atoms with Gasteiger partial charge in [0, 0.05) is 43.2 Å². The van der Waals surface area contributed by atoms with Crippen molar-refractivity contribution in [2.45, 2.75) is 38.3 Å². The highest BCUT2D eigenvalue weighted by atomic mass is 32.1. The third-order valence-electron chi connectivity index (χ3n) is 4.48. The van der Waals surface area contributed by atoms with Gasteiger partial charge in [0.1, 0.15) is 0 Å². The van der Waals surface area contributed by atoms with Crippen molar-refractivity contribution in [1.82, 2.24) is 14.3 Å². The molecule has 2 aromatic rings. The van der Waals surface area contributed by atoms with Crippen molar-refractivity contribution in [2.24, 2.45) is 11.7 Å². The zero-order valence-corrected chi connectivity index (χ0v) is 12.1. The third kappa shape index (κ3) is 2.00. The first-order chi connectivity index (χ1) is 9.22. The van der Waals surface area contributed by atoms with Gasteiger partial charge in [0.15, 0.2) is 4.96 Å². The Balaban J connectivity index is 1.65. The highest BCUT2D eigenvalue weighted by molar-refractivity contribution is 7.15. The van der Waals surface area contributed by atoms with Gasteiger partial charge in [0.25, 0.3) is 0 Å². The summed E-state index contributed by atoms with van der Waals surface area (Å²) in [6.07, 6.45) is 4.79. The Bertz CT molecular complexity index is 588. The molecule has 2 atom stereocenters. The summed E-state index contributed by atoms with van der Waals surface area (Å²) in [4.78, 5) is 8.47. The number of hydrogen-bond acceptors (Lipinski definition) is 4. The fourth-order valence-electron chi connectivity index (χ4n) is 3.13. The summed E-state index contributed by atoms with van der Waals surface area (Å²) in [6, 6.07) is 0.329. The molecule has 2 N–H and O–H groups in total. The van der Waals surface area contributed by atoms with Crippen LogP contribution in [0.2, 0.25) is 0 Å². The lowest BCUT2D eigenvalue weighted by Gasteiger charge is -2.15. The normalized spacial score (nSPS) is 28.5. The molecule has 0 amide bonds. The van der Waals surface area contributed by atoms with E-state index in [-0.39, 0.29) is 0 Å². The van der Waals surface area contributed by atoms with Crippen LogP contribution in [0, 0.1) is 5.92 Å². The standard InChI is InChI=1S/C14H20N4S/c1-9-6-17(7-11(9)15)8-12-13(10-2-3-10)16-14-18(12)4-5-19-14/h4-5,9-11H,2-3,6-8,15H2,1H3. The highest BCUT2D eigenvalue weighted by Crippen LogP contribution is 2.42. The zero-order valence-electron chi connectivity index (χ0n) is 11.2. The molecule has 1 aliphatic carbocycles. The summed E-state index contributed by atoms with van der Waals surface area (Å²) in [6.45, 7) is 5.39. The summed E-state index contributed by atoms with van der Waals surface area (Å²) in [5.41, 5.74) is 8.89. The van der Waals surface area contributed by atoms with Crippen LogP contribution >= 0.6 is 11.3 Å². The number of nitrogens with two attached hydrogens (primary N) is 1. The van der Waals surface area contributed by atoms with Crippen molar-refractivity contribution >= 4 is 16.3 Å². The summed E-state index contributed by atoms with van der Waals surface area (Å²) in [5.74, 6) is 1.33. The second-order valence-corrected chi connectivity index (χ2v) is 6.98. The lowest BCUT2D eigenvalue weighted by molar-refractivity contribution is 0.313. The van der Waals surface area contributed by atoms with Crippen LogP contribution in [0.15, 0.2) is 11.6 Å². The Kier molecular flexibility index (Phi) is 2.69. The maximum atomic E-state index is 6.14. The Hall–Kier alpha value is -0.910. The lowest BCUT2D eigenvalue weighted by atomic mass is 10.1. The van der Waals surface area contributed by atoms with E-state index in [1.165, 1.54) is 24.2 Å². The minimum absolute atomic E-state index is 0.329. The van der Waals surface area contributed by atoms with Crippen LogP contribution in [0.1, 0.15) is 37.1 Å². The monoisotopic (exact) mass is 276 g/mol. The Labute approximate surface area is 117 Å². The predicted molar refractivity (Wildman–Crippen MR) is 77.5 cm³/mol. The molecule has 1 saturated carbocycles. The van der Waals surface area contributed by atoms with Gasteiger partial charge in [-0.3, -0.25) is 9.30 Å². The largest absolute Gasteiger partial charge is 0.326 e. The molecule has 2 aromatic heterocycles. The van der Waals surface area contributed by atoms with Gasteiger partial charge in [0.05, 0.1) is 11.4 Å². The highest BCUT2D eigenvalue weighted by Gasteiger charge is 2.33. The van der Waals surface area contributed by atoms with Crippen LogP contribution in [-0.4, -0.2) is 33.4 Å².